The number of hydrogen-bond acceptors (Lipinski definition) is 11. The fourth-order valence-corrected chi connectivity index (χ4v) is 6.47. The zero-order valence-corrected chi connectivity index (χ0v) is 28.5. The average Bonchev–Trinajstić information content (AvgIpc) is 3.54. The number of carbonyl (C=O) groups is 2. The molecule has 0 radical (unpaired) electrons. The maximum absolute atomic E-state index is 14.3. The summed E-state index contributed by atoms with van der Waals surface area (Å²) in [7, 11) is 3.06. The van der Waals surface area contributed by atoms with Gasteiger partial charge in [-0.15, -0.1) is 0 Å². The smallest absolute Gasteiger partial charge is 0.419 e. The highest BCUT2D eigenvalue weighted by Gasteiger charge is 2.59. The number of methoxy groups -OCH3 is 2. The second kappa shape index (κ2) is 13.1. The number of fused-ring (bicyclic) bond motifs is 4. The first kappa shape index (κ1) is 34.7. The van der Waals surface area contributed by atoms with E-state index < -0.39 is 41.1 Å². The van der Waals surface area contributed by atoms with E-state index in [-0.39, 0.29) is 32.3 Å². The van der Waals surface area contributed by atoms with Crippen molar-refractivity contribution in [2.75, 3.05) is 40.8 Å². The molecule has 2 aromatic rings. The van der Waals surface area contributed by atoms with E-state index in [0.29, 0.717) is 53.2 Å². The fourth-order valence-electron chi connectivity index (χ4n) is 6.47. The van der Waals surface area contributed by atoms with Gasteiger partial charge in [-0.05, 0) is 65.7 Å². The topological polar surface area (TPSA) is 151 Å². The zero-order chi connectivity index (χ0) is 34.3. The SMILES string of the molecule is COCO[C@H]1CCN2C(=O)[C@H](Cc3cn(C(=O)OC(C)(C)C)c4c5c(ccc34)OC(C)(C)C(O)CO5)N=C(OC)[C@@]12C/C=C(\C)CO. The van der Waals surface area contributed by atoms with Crippen molar-refractivity contribution in [1.82, 2.24) is 9.47 Å². The Morgan fingerprint density at radius 1 is 1.23 bits per heavy atom. The van der Waals surface area contributed by atoms with E-state index >= 15 is 0 Å². The van der Waals surface area contributed by atoms with E-state index in [2.05, 4.69) is 0 Å². The Balaban J connectivity index is 1.61. The minimum atomic E-state index is -1.02. The Labute approximate surface area is 275 Å². The lowest BCUT2D eigenvalue weighted by Crippen LogP contribution is -2.64. The summed E-state index contributed by atoms with van der Waals surface area (Å²) in [4.78, 5) is 34.5. The van der Waals surface area contributed by atoms with E-state index in [9.17, 15) is 19.8 Å². The molecule has 1 fully saturated rings. The highest BCUT2D eigenvalue weighted by Crippen LogP contribution is 2.44. The Morgan fingerprint density at radius 2 is 1.98 bits per heavy atom. The average molecular weight is 658 g/mol. The molecular weight excluding hydrogens is 610 g/mol. The first-order valence-electron chi connectivity index (χ1n) is 15.9. The van der Waals surface area contributed by atoms with Crippen molar-refractivity contribution in [1.29, 1.82) is 0 Å². The Kier molecular flexibility index (Phi) is 9.66. The van der Waals surface area contributed by atoms with Crippen molar-refractivity contribution >= 4 is 28.8 Å². The lowest BCUT2D eigenvalue weighted by Gasteiger charge is -2.45. The quantitative estimate of drug-likeness (QED) is 0.319. The number of benzene rings is 1. The number of aliphatic hydroxyl groups excluding tert-OH is 2. The number of rotatable bonds is 8. The van der Waals surface area contributed by atoms with Crippen LogP contribution in [-0.2, 0) is 30.2 Å². The lowest BCUT2D eigenvalue weighted by molar-refractivity contribution is -0.142. The van der Waals surface area contributed by atoms with Crippen LogP contribution < -0.4 is 9.47 Å². The van der Waals surface area contributed by atoms with Crippen molar-refractivity contribution in [2.45, 2.75) is 95.8 Å². The molecule has 1 saturated heterocycles. The van der Waals surface area contributed by atoms with Crippen molar-refractivity contribution in [3.8, 4) is 11.5 Å². The van der Waals surface area contributed by atoms with Gasteiger partial charge in [-0.1, -0.05) is 11.6 Å². The minimum absolute atomic E-state index is 0.0338. The first-order chi connectivity index (χ1) is 22.2. The normalized spacial score (nSPS) is 25.8. The molecule has 0 bridgehead atoms. The summed E-state index contributed by atoms with van der Waals surface area (Å²) in [5, 5.41) is 21.0. The first-order valence-corrected chi connectivity index (χ1v) is 15.9. The van der Waals surface area contributed by atoms with Gasteiger partial charge in [0.2, 0.25) is 11.8 Å². The monoisotopic (exact) mass is 657 g/mol. The predicted octanol–water partition coefficient (Wildman–Crippen LogP) is 3.59. The predicted molar refractivity (Wildman–Crippen MR) is 173 cm³/mol. The molecule has 0 saturated carbocycles. The molecule has 47 heavy (non-hydrogen) atoms. The molecule has 2 N–H and O–H groups in total. The Hall–Kier alpha value is -3.65. The largest absolute Gasteiger partial charge is 0.485 e. The second-order valence-corrected chi connectivity index (χ2v) is 13.9. The molecule has 0 spiro atoms. The van der Waals surface area contributed by atoms with Crippen LogP contribution in [0.5, 0.6) is 11.5 Å². The van der Waals surface area contributed by atoms with Gasteiger partial charge >= 0.3 is 6.09 Å². The maximum atomic E-state index is 14.3. The number of nitrogens with zero attached hydrogens (tertiary/aromatic N) is 3. The molecule has 3 aliphatic heterocycles. The van der Waals surface area contributed by atoms with Crippen molar-refractivity contribution in [3.05, 3.63) is 35.5 Å². The van der Waals surface area contributed by atoms with E-state index in [1.807, 2.05) is 19.1 Å². The number of ether oxygens (including phenoxy) is 6. The van der Waals surface area contributed by atoms with Gasteiger partial charge < -0.3 is 43.5 Å². The molecule has 4 heterocycles. The molecule has 1 aromatic carbocycles. The third kappa shape index (κ3) is 6.46. The Bertz CT molecular complexity index is 1570. The standard InChI is InChI=1S/C34H47N3O10/c1-20(17-38)11-13-34-26(45-19-42-7)12-14-37(34)29(40)23(35-30(34)43-8)15-21-16-36(31(41)47-32(2,3)4)27-22(21)9-10-24-28(27)44-18-25(39)33(5,6)46-24/h9-11,16,23,25-26,38-39H,12-15,17-19H2,1-8H3/b20-11+/t23-,25?,26-,34+/m0/s1. The summed E-state index contributed by atoms with van der Waals surface area (Å²) in [6.45, 7) is 11.0. The number of amides is 1. The molecule has 13 nitrogen and oxygen atoms in total. The summed E-state index contributed by atoms with van der Waals surface area (Å²) in [5.41, 5.74) is -0.924. The summed E-state index contributed by atoms with van der Waals surface area (Å²) >= 11 is 0. The maximum Gasteiger partial charge on any atom is 0.419 e. The number of aromatic nitrogens is 1. The molecule has 5 rings (SSSR count). The van der Waals surface area contributed by atoms with Crippen LogP contribution in [0.3, 0.4) is 0 Å². The molecule has 1 amide bonds. The Morgan fingerprint density at radius 3 is 2.64 bits per heavy atom. The molecule has 1 aromatic heterocycles. The van der Waals surface area contributed by atoms with Crippen molar-refractivity contribution in [3.63, 3.8) is 0 Å². The lowest BCUT2D eigenvalue weighted by atomic mass is 9.85. The van der Waals surface area contributed by atoms with Gasteiger partial charge in [-0.3, -0.25) is 4.79 Å². The van der Waals surface area contributed by atoms with Crippen LogP contribution >= 0.6 is 0 Å². The number of hydrogen-bond donors (Lipinski definition) is 2. The molecular formula is C34H47N3O10. The van der Waals surface area contributed by atoms with Crippen molar-refractivity contribution in [2.24, 2.45) is 4.99 Å². The van der Waals surface area contributed by atoms with E-state index in [1.54, 1.807) is 51.8 Å². The van der Waals surface area contributed by atoms with Crippen LogP contribution in [0.1, 0.15) is 59.9 Å². The third-order valence-electron chi connectivity index (χ3n) is 8.95. The summed E-state index contributed by atoms with van der Waals surface area (Å²) in [6.07, 6.45) is 2.54. The van der Waals surface area contributed by atoms with Crippen LogP contribution in [0.4, 0.5) is 4.79 Å². The third-order valence-corrected chi connectivity index (χ3v) is 8.95. The zero-order valence-electron chi connectivity index (χ0n) is 28.5. The molecule has 13 heteroatoms. The number of aliphatic hydroxyl groups is 2. The second-order valence-electron chi connectivity index (χ2n) is 13.9. The van der Waals surface area contributed by atoms with Gasteiger partial charge in [-0.25, -0.2) is 14.4 Å². The minimum Gasteiger partial charge on any atom is -0.485 e. The van der Waals surface area contributed by atoms with E-state index in [1.165, 1.54) is 18.8 Å². The molecule has 1 unspecified atom stereocenters. The number of carbonyl (C=O) groups excluding carboxylic acids is 2. The van der Waals surface area contributed by atoms with Crippen LogP contribution in [0, 0.1) is 0 Å². The molecule has 0 aliphatic carbocycles. The van der Waals surface area contributed by atoms with Gasteiger partial charge in [-0.2, -0.15) is 0 Å². The molecule has 258 valence electrons. The summed E-state index contributed by atoms with van der Waals surface area (Å²) in [5.74, 6) is 0.808. The van der Waals surface area contributed by atoms with Crippen LogP contribution in [-0.4, -0.2) is 113 Å². The highest BCUT2D eigenvalue weighted by atomic mass is 16.7. The number of aliphatic imine (C=N–C) groups is 1. The highest BCUT2D eigenvalue weighted by molar-refractivity contribution is 6.01. The summed E-state index contributed by atoms with van der Waals surface area (Å²) < 4.78 is 36.5. The van der Waals surface area contributed by atoms with Crippen molar-refractivity contribution < 1.29 is 48.2 Å². The van der Waals surface area contributed by atoms with Crippen LogP contribution in [0.25, 0.3) is 10.9 Å². The molecule has 3 aliphatic rings. The van der Waals surface area contributed by atoms with Gasteiger partial charge in [0.1, 0.15) is 47.8 Å². The van der Waals surface area contributed by atoms with Gasteiger partial charge in [0.05, 0.1) is 19.8 Å². The van der Waals surface area contributed by atoms with E-state index in [4.69, 9.17) is 33.4 Å². The van der Waals surface area contributed by atoms with Crippen LogP contribution in [0.2, 0.25) is 0 Å². The fraction of sp³-hybridized carbons (Fsp3) is 0.618. The summed E-state index contributed by atoms with van der Waals surface area (Å²) in [6, 6.07) is 2.69. The van der Waals surface area contributed by atoms with Gasteiger partial charge in [0.25, 0.3) is 0 Å². The molecule has 4 atom stereocenters. The van der Waals surface area contributed by atoms with Gasteiger partial charge in [0.15, 0.2) is 11.5 Å². The van der Waals surface area contributed by atoms with Gasteiger partial charge in [0, 0.05) is 38.1 Å². The van der Waals surface area contributed by atoms with Crippen LogP contribution in [0.15, 0.2) is 35.0 Å². The van der Waals surface area contributed by atoms with E-state index in [0.717, 1.165) is 5.57 Å².